The topological polar surface area (TPSA) is 88.7 Å². The van der Waals surface area contributed by atoms with E-state index in [1.807, 2.05) is 13.8 Å². The third-order valence-corrected chi connectivity index (χ3v) is 5.17. The fraction of sp³-hybridized carbons (Fsp3) is 0.167. The first-order valence-corrected chi connectivity index (χ1v) is 11.4. The molecule has 7 nitrogen and oxygen atoms in total. The number of urea groups is 1. The molecular weight excluding hydrogens is 510 g/mol. The van der Waals surface area contributed by atoms with E-state index in [2.05, 4.69) is 31.9 Å². The quantitative estimate of drug-likeness (QED) is 0.298. The molecule has 172 valence electrons. The zero-order valence-electron chi connectivity index (χ0n) is 18.1. The lowest BCUT2D eigenvalue weighted by Crippen LogP contribution is -2.20. The molecule has 0 saturated heterocycles. The third kappa shape index (κ3) is 6.87. The van der Waals surface area contributed by atoms with E-state index < -0.39 is 6.03 Å². The lowest BCUT2D eigenvalue weighted by molar-refractivity contribution is 0.102. The molecule has 0 radical (unpaired) electrons. The molecule has 3 aromatic rings. The predicted molar refractivity (Wildman–Crippen MR) is 135 cm³/mol. The Bertz CT molecular complexity index is 1120. The molecule has 0 saturated carbocycles. The van der Waals surface area contributed by atoms with Crippen molar-refractivity contribution >= 4 is 56.5 Å². The van der Waals surface area contributed by atoms with Crippen LogP contribution in [0.2, 0.25) is 5.02 Å². The standard InChI is InChI=1S/C24H23BrClN3O4/c1-3-32-21-14-20(29-24(31)27-18-11-9-17(26)10-12-18)22(33-4-2)13-19(21)28-23(30)15-5-7-16(25)8-6-15/h5-14H,3-4H2,1-2H3,(H,28,30)(H2,27,29,31). The molecule has 0 aromatic heterocycles. The summed E-state index contributed by atoms with van der Waals surface area (Å²) in [6, 6.07) is 16.5. The van der Waals surface area contributed by atoms with E-state index >= 15 is 0 Å². The normalized spacial score (nSPS) is 10.3. The molecule has 0 aliphatic heterocycles. The number of benzene rings is 3. The summed E-state index contributed by atoms with van der Waals surface area (Å²) in [6.07, 6.45) is 0. The van der Waals surface area contributed by atoms with Crippen LogP contribution in [0.25, 0.3) is 0 Å². The van der Waals surface area contributed by atoms with Gasteiger partial charge in [0.05, 0.1) is 24.6 Å². The molecule has 0 atom stereocenters. The van der Waals surface area contributed by atoms with Crippen molar-refractivity contribution in [3.05, 3.63) is 75.7 Å². The molecule has 3 aromatic carbocycles. The molecule has 9 heteroatoms. The fourth-order valence-corrected chi connectivity index (χ4v) is 3.31. The molecule has 0 aliphatic carbocycles. The SMILES string of the molecule is CCOc1cc(NC(=O)c2ccc(Br)cc2)c(OCC)cc1NC(=O)Nc1ccc(Cl)cc1. The summed E-state index contributed by atoms with van der Waals surface area (Å²) in [4.78, 5) is 25.3. The summed E-state index contributed by atoms with van der Waals surface area (Å²) in [5.41, 5.74) is 1.90. The molecule has 0 unspecified atom stereocenters. The minimum absolute atomic E-state index is 0.299. The maximum atomic E-state index is 12.7. The number of hydrogen-bond donors (Lipinski definition) is 3. The van der Waals surface area contributed by atoms with Crippen molar-refractivity contribution in [1.29, 1.82) is 0 Å². The van der Waals surface area contributed by atoms with E-state index in [1.54, 1.807) is 60.7 Å². The van der Waals surface area contributed by atoms with E-state index in [0.717, 1.165) is 4.47 Å². The molecule has 3 N–H and O–H groups in total. The van der Waals surface area contributed by atoms with Gasteiger partial charge in [-0.25, -0.2) is 4.79 Å². The van der Waals surface area contributed by atoms with E-state index in [1.165, 1.54) is 0 Å². The van der Waals surface area contributed by atoms with Gasteiger partial charge in [0.1, 0.15) is 11.5 Å². The summed E-state index contributed by atoms with van der Waals surface area (Å²) in [6.45, 7) is 4.39. The minimum atomic E-state index is -0.465. The van der Waals surface area contributed by atoms with Gasteiger partial charge in [-0.3, -0.25) is 4.79 Å². The van der Waals surface area contributed by atoms with Crippen molar-refractivity contribution in [3.63, 3.8) is 0 Å². The van der Waals surface area contributed by atoms with Gasteiger partial charge in [0.15, 0.2) is 0 Å². The summed E-state index contributed by atoms with van der Waals surface area (Å²) in [5, 5.41) is 8.93. The number of carbonyl (C=O) groups is 2. The Hall–Kier alpha value is -3.23. The Morgan fingerprint density at radius 2 is 1.36 bits per heavy atom. The summed E-state index contributed by atoms with van der Waals surface area (Å²) < 4.78 is 12.3. The van der Waals surface area contributed by atoms with Gasteiger partial charge >= 0.3 is 6.03 Å². The van der Waals surface area contributed by atoms with Crippen molar-refractivity contribution < 1.29 is 19.1 Å². The van der Waals surface area contributed by atoms with Crippen LogP contribution >= 0.6 is 27.5 Å². The largest absolute Gasteiger partial charge is 0.492 e. The zero-order valence-corrected chi connectivity index (χ0v) is 20.4. The van der Waals surface area contributed by atoms with Crippen molar-refractivity contribution in [3.8, 4) is 11.5 Å². The van der Waals surface area contributed by atoms with E-state index in [0.29, 0.717) is 52.4 Å². The lowest BCUT2D eigenvalue weighted by Gasteiger charge is -2.18. The maximum Gasteiger partial charge on any atom is 0.323 e. The van der Waals surface area contributed by atoms with Crippen LogP contribution in [0.4, 0.5) is 21.9 Å². The minimum Gasteiger partial charge on any atom is -0.492 e. The molecule has 33 heavy (non-hydrogen) atoms. The molecule has 3 rings (SSSR count). The van der Waals surface area contributed by atoms with E-state index in [-0.39, 0.29) is 5.91 Å². The van der Waals surface area contributed by atoms with Crippen molar-refractivity contribution in [1.82, 2.24) is 0 Å². The van der Waals surface area contributed by atoms with Crippen LogP contribution in [0.5, 0.6) is 11.5 Å². The van der Waals surface area contributed by atoms with Gasteiger partial charge in [0, 0.05) is 32.9 Å². The first-order chi connectivity index (χ1) is 15.9. The Labute approximate surface area is 205 Å². The molecule has 0 fully saturated rings. The van der Waals surface area contributed by atoms with Crippen LogP contribution in [0, 0.1) is 0 Å². The molecule has 0 spiro atoms. The van der Waals surface area contributed by atoms with Gasteiger partial charge in [-0.15, -0.1) is 0 Å². The fourth-order valence-electron chi connectivity index (χ4n) is 2.92. The number of anilines is 3. The number of rotatable bonds is 8. The second kappa shape index (κ2) is 11.6. The average Bonchev–Trinajstić information content (AvgIpc) is 2.78. The van der Waals surface area contributed by atoms with Crippen molar-refractivity contribution in [2.24, 2.45) is 0 Å². The summed E-state index contributed by atoms with van der Waals surface area (Å²) in [5.74, 6) is 0.485. The Morgan fingerprint density at radius 3 is 1.91 bits per heavy atom. The Balaban J connectivity index is 1.85. The van der Waals surface area contributed by atoms with Crippen LogP contribution < -0.4 is 25.4 Å². The molecular formula is C24H23BrClN3O4. The van der Waals surface area contributed by atoms with Gasteiger partial charge in [0.25, 0.3) is 5.91 Å². The summed E-state index contributed by atoms with van der Waals surface area (Å²) in [7, 11) is 0. The number of carbonyl (C=O) groups excluding carboxylic acids is 2. The first-order valence-electron chi connectivity index (χ1n) is 10.2. The van der Waals surface area contributed by atoms with Crippen molar-refractivity contribution in [2.45, 2.75) is 13.8 Å². The highest BCUT2D eigenvalue weighted by molar-refractivity contribution is 9.10. The Morgan fingerprint density at radius 1 is 0.818 bits per heavy atom. The monoisotopic (exact) mass is 531 g/mol. The van der Waals surface area contributed by atoms with Gasteiger partial charge in [-0.05, 0) is 62.4 Å². The molecule has 0 aliphatic rings. The van der Waals surface area contributed by atoms with Gasteiger partial charge < -0.3 is 25.4 Å². The highest BCUT2D eigenvalue weighted by Crippen LogP contribution is 2.37. The first kappa shape index (κ1) is 24.4. The third-order valence-electron chi connectivity index (χ3n) is 4.39. The van der Waals surface area contributed by atoms with Gasteiger partial charge in [-0.1, -0.05) is 27.5 Å². The average molecular weight is 533 g/mol. The van der Waals surface area contributed by atoms with Crippen LogP contribution in [0.15, 0.2) is 65.1 Å². The highest BCUT2D eigenvalue weighted by Gasteiger charge is 2.17. The number of nitrogens with one attached hydrogen (secondary N) is 3. The van der Waals surface area contributed by atoms with Crippen molar-refractivity contribution in [2.75, 3.05) is 29.2 Å². The number of halogens is 2. The number of hydrogen-bond acceptors (Lipinski definition) is 4. The second-order valence-electron chi connectivity index (χ2n) is 6.76. The van der Waals surface area contributed by atoms with Crippen LogP contribution in [0.3, 0.4) is 0 Å². The van der Waals surface area contributed by atoms with Crippen LogP contribution in [0.1, 0.15) is 24.2 Å². The van der Waals surface area contributed by atoms with Gasteiger partial charge in [0.2, 0.25) is 0 Å². The van der Waals surface area contributed by atoms with Gasteiger partial charge in [-0.2, -0.15) is 0 Å². The zero-order chi connectivity index (χ0) is 23.8. The second-order valence-corrected chi connectivity index (χ2v) is 8.11. The number of ether oxygens (including phenoxy) is 2. The van der Waals surface area contributed by atoms with E-state index in [4.69, 9.17) is 21.1 Å². The van der Waals surface area contributed by atoms with Crippen LogP contribution in [-0.2, 0) is 0 Å². The smallest absolute Gasteiger partial charge is 0.323 e. The molecule has 0 heterocycles. The van der Waals surface area contributed by atoms with E-state index in [9.17, 15) is 9.59 Å². The van der Waals surface area contributed by atoms with Crippen LogP contribution in [-0.4, -0.2) is 25.2 Å². The molecule has 3 amide bonds. The predicted octanol–water partition coefficient (Wildman–Crippen LogP) is 6.80. The Kier molecular flexibility index (Phi) is 8.57. The lowest BCUT2D eigenvalue weighted by atomic mass is 10.2. The highest BCUT2D eigenvalue weighted by atomic mass is 79.9. The maximum absolute atomic E-state index is 12.7. The summed E-state index contributed by atoms with van der Waals surface area (Å²) >= 11 is 9.24. The molecule has 0 bridgehead atoms. The number of amides is 3.